The lowest BCUT2D eigenvalue weighted by atomic mass is 9.92. The molecule has 3 aliphatic heterocycles. The molecular formula is C15H29N3O2. The van der Waals surface area contributed by atoms with Crippen molar-refractivity contribution in [2.45, 2.75) is 31.3 Å². The minimum Gasteiger partial charge on any atom is -0.381 e. The molecule has 20 heavy (non-hydrogen) atoms. The molecule has 0 amide bonds. The molecule has 5 heteroatoms. The normalized spacial score (nSPS) is 35.2. The third kappa shape index (κ3) is 3.34. The molecule has 3 rings (SSSR count). The molecule has 0 bridgehead atoms. The number of ether oxygens (including phenoxy) is 2. The lowest BCUT2D eigenvalue weighted by Crippen LogP contribution is -2.49. The van der Waals surface area contributed by atoms with E-state index in [-0.39, 0.29) is 0 Å². The van der Waals surface area contributed by atoms with Crippen LogP contribution >= 0.6 is 0 Å². The third-order valence-corrected chi connectivity index (χ3v) is 5.21. The molecule has 5 nitrogen and oxygen atoms in total. The zero-order chi connectivity index (χ0) is 13.8. The number of nitrogens with two attached hydrogens (primary N) is 1. The van der Waals surface area contributed by atoms with Crippen molar-refractivity contribution in [2.24, 2.45) is 11.7 Å². The van der Waals surface area contributed by atoms with Crippen LogP contribution in [0.5, 0.6) is 0 Å². The van der Waals surface area contributed by atoms with Crippen molar-refractivity contribution in [1.82, 2.24) is 9.80 Å². The quantitative estimate of drug-likeness (QED) is 0.796. The van der Waals surface area contributed by atoms with Crippen molar-refractivity contribution >= 4 is 0 Å². The largest absolute Gasteiger partial charge is 0.381 e. The maximum Gasteiger partial charge on any atom is 0.0594 e. The van der Waals surface area contributed by atoms with Gasteiger partial charge >= 0.3 is 0 Å². The predicted octanol–water partition coefficient (Wildman–Crippen LogP) is 0.147. The molecule has 3 atom stereocenters. The SMILES string of the molecule is NCC(C1CCCOC1)N1CCC(N2CCOCC2)C1. The molecular weight excluding hydrogens is 254 g/mol. The average Bonchev–Trinajstić information content (AvgIpc) is 3.00. The van der Waals surface area contributed by atoms with Crippen molar-refractivity contribution in [2.75, 3.05) is 59.2 Å². The van der Waals surface area contributed by atoms with E-state index in [1.165, 1.54) is 32.4 Å². The van der Waals surface area contributed by atoms with Gasteiger partial charge in [-0.05, 0) is 25.2 Å². The summed E-state index contributed by atoms with van der Waals surface area (Å²) in [5.74, 6) is 0.636. The third-order valence-electron chi connectivity index (χ3n) is 5.21. The predicted molar refractivity (Wildman–Crippen MR) is 78.8 cm³/mol. The van der Waals surface area contributed by atoms with Crippen LogP contribution in [-0.2, 0) is 9.47 Å². The smallest absolute Gasteiger partial charge is 0.0594 e. The second-order valence-corrected chi connectivity index (χ2v) is 6.37. The van der Waals surface area contributed by atoms with Gasteiger partial charge in [-0.25, -0.2) is 0 Å². The summed E-state index contributed by atoms with van der Waals surface area (Å²) in [5, 5.41) is 0. The molecule has 0 saturated carbocycles. The zero-order valence-corrected chi connectivity index (χ0v) is 12.5. The highest BCUT2D eigenvalue weighted by Gasteiger charge is 2.35. The Morgan fingerprint density at radius 1 is 1.05 bits per heavy atom. The van der Waals surface area contributed by atoms with E-state index in [4.69, 9.17) is 15.2 Å². The van der Waals surface area contributed by atoms with E-state index >= 15 is 0 Å². The number of rotatable bonds is 4. The average molecular weight is 283 g/mol. The van der Waals surface area contributed by atoms with Crippen LogP contribution in [0.3, 0.4) is 0 Å². The molecule has 3 saturated heterocycles. The van der Waals surface area contributed by atoms with Gasteiger partial charge in [0.05, 0.1) is 19.8 Å². The lowest BCUT2D eigenvalue weighted by Gasteiger charge is -2.37. The van der Waals surface area contributed by atoms with Crippen LogP contribution < -0.4 is 5.73 Å². The fourth-order valence-electron chi connectivity index (χ4n) is 4.02. The summed E-state index contributed by atoms with van der Waals surface area (Å²) in [6, 6.07) is 1.22. The minimum atomic E-state index is 0.515. The molecule has 116 valence electrons. The van der Waals surface area contributed by atoms with Gasteiger partial charge in [0.2, 0.25) is 0 Å². The second-order valence-electron chi connectivity index (χ2n) is 6.37. The lowest BCUT2D eigenvalue weighted by molar-refractivity contribution is 0.00556. The molecule has 3 heterocycles. The standard InChI is InChI=1S/C15H29N3O2/c16-10-15(13-2-1-7-20-12-13)18-4-3-14(11-18)17-5-8-19-9-6-17/h13-15H,1-12,16H2. The Labute approximate surface area is 122 Å². The summed E-state index contributed by atoms with van der Waals surface area (Å²) < 4.78 is 11.1. The van der Waals surface area contributed by atoms with Crippen molar-refractivity contribution < 1.29 is 9.47 Å². The number of likely N-dealkylation sites (tertiary alicyclic amines) is 1. The van der Waals surface area contributed by atoms with Crippen LogP contribution in [0.25, 0.3) is 0 Å². The Morgan fingerprint density at radius 2 is 1.90 bits per heavy atom. The van der Waals surface area contributed by atoms with Gasteiger partial charge in [0.25, 0.3) is 0 Å². The summed E-state index contributed by atoms with van der Waals surface area (Å²) >= 11 is 0. The number of hydrogen-bond donors (Lipinski definition) is 1. The number of morpholine rings is 1. The van der Waals surface area contributed by atoms with Gasteiger partial charge in [-0.15, -0.1) is 0 Å². The van der Waals surface area contributed by atoms with Crippen LogP contribution in [0.1, 0.15) is 19.3 Å². The van der Waals surface area contributed by atoms with Crippen LogP contribution in [-0.4, -0.2) is 81.0 Å². The van der Waals surface area contributed by atoms with Crippen molar-refractivity contribution in [3.05, 3.63) is 0 Å². The first kappa shape index (κ1) is 14.7. The Bertz CT molecular complexity index is 291. The van der Waals surface area contributed by atoms with Gasteiger partial charge in [0, 0.05) is 51.4 Å². The summed E-state index contributed by atoms with van der Waals surface area (Å²) in [7, 11) is 0. The fourth-order valence-corrected chi connectivity index (χ4v) is 4.02. The summed E-state index contributed by atoms with van der Waals surface area (Å²) in [6.45, 7) is 8.96. The summed E-state index contributed by atoms with van der Waals surface area (Å²) in [4.78, 5) is 5.23. The Balaban J connectivity index is 1.54. The van der Waals surface area contributed by atoms with Gasteiger partial charge in [0.1, 0.15) is 0 Å². The van der Waals surface area contributed by atoms with E-state index in [2.05, 4.69) is 9.80 Å². The topological polar surface area (TPSA) is 51.0 Å². The molecule has 3 unspecified atom stereocenters. The molecule has 3 fully saturated rings. The zero-order valence-electron chi connectivity index (χ0n) is 12.5. The monoisotopic (exact) mass is 283 g/mol. The molecule has 2 N–H and O–H groups in total. The van der Waals surface area contributed by atoms with Crippen molar-refractivity contribution in [3.8, 4) is 0 Å². The Kier molecular flexibility index (Phi) is 5.29. The van der Waals surface area contributed by atoms with Crippen molar-refractivity contribution in [3.63, 3.8) is 0 Å². The van der Waals surface area contributed by atoms with Crippen LogP contribution in [0.2, 0.25) is 0 Å². The molecule has 0 aromatic carbocycles. The summed E-state index contributed by atoms with van der Waals surface area (Å²) in [6.07, 6.45) is 3.76. The molecule has 0 radical (unpaired) electrons. The van der Waals surface area contributed by atoms with Gasteiger partial charge < -0.3 is 15.2 Å². The first-order valence-electron chi connectivity index (χ1n) is 8.22. The van der Waals surface area contributed by atoms with E-state index < -0.39 is 0 Å². The molecule has 3 aliphatic rings. The van der Waals surface area contributed by atoms with Gasteiger partial charge in [-0.3, -0.25) is 9.80 Å². The molecule has 0 aromatic heterocycles. The van der Waals surface area contributed by atoms with Crippen LogP contribution in [0, 0.1) is 5.92 Å². The van der Waals surface area contributed by atoms with Crippen LogP contribution in [0.4, 0.5) is 0 Å². The number of nitrogens with zero attached hydrogens (tertiary/aromatic N) is 2. The fraction of sp³-hybridized carbons (Fsp3) is 1.00. The van der Waals surface area contributed by atoms with Gasteiger partial charge in [0.15, 0.2) is 0 Å². The Morgan fingerprint density at radius 3 is 2.60 bits per heavy atom. The van der Waals surface area contributed by atoms with Gasteiger partial charge in [-0.2, -0.15) is 0 Å². The van der Waals surface area contributed by atoms with E-state index in [0.717, 1.165) is 46.1 Å². The highest BCUT2D eigenvalue weighted by Crippen LogP contribution is 2.26. The van der Waals surface area contributed by atoms with Crippen molar-refractivity contribution in [1.29, 1.82) is 0 Å². The van der Waals surface area contributed by atoms with Gasteiger partial charge in [-0.1, -0.05) is 0 Å². The molecule has 0 aliphatic carbocycles. The molecule has 0 aromatic rings. The number of hydrogen-bond acceptors (Lipinski definition) is 5. The Hall–Kier alpha value is -0.200. The van der Waals surface area contributed by atoms with E-state index in [9.17, 15) is 0 Å². The first-order chi connectivity index (χ1) is 9.88. The van der Waals surface area contributed by atoms with E-state index in [1.54, 1.807) is 0 Å². The maximum absolute atomic E-state index is 6.08. The maximum atomic E-state index is 6.08. The summed E-state index contributed by atoms with van der Waals surface area (Å²) in [5.41, 5.74) is 6.08. The highest BCUT2D eigenvalue weighted by atomic mass is 16.5. The van der Waals surface area contributed by atoms with E-state index in [1.807, 2.05) is 0 Å². The second kappa shape index (κ2) is 7.18. The molecule has 0 spiro atoms. The minimum absolute atomic E-state index is 0.515. The van der Waals surface area contributed by atoms with Crippen LogP contribution in [0.15, 0.2) is 0 Å². The highest BCUT2D eigenvalue weighted by molar-refractivity contribution is 4.91. The van der Waals surface area contributed by atoms with E-state index in [0.29, 0.717) is 18.0 Å². The first-order valence-corrected chi connectivity index (χ1v) is 8.22.